The highest BCUT2D eigenvalue weighted by atomic mass is 19.1. The fourth-order valence-electron chi connectivity index (χ4n) is 5.51. The Bertz CT molecular complexity index is 1920. The van der Waals surface area contributed by atoms with Crippen LogP contribution in [0.1, 0.15) is 61.6 Å². The maximum absolute atomic E-state index is 14.9. The Kier molecular flexibility index (Phi) is 10.0. The van der Waals surface area contributed by atoms with E-state index in [1.54, 1.807) is 63.1 Å². The Labute approximate surface area is 265 Å². The van der Waals surface area contributed by atoms with Crippen molar-refractivity contribution >= 4 is 16.7 Å². The Morgan fingerprint density at radius 3 is 2.26 bits per heavy atom. The summed E-state index contributed by atoms with van der Waals surface area (Å²) >= 11 is 0. The number of carbonyl (C=O) groups is 1. The normalized spacial score (nSPS) is 11.2. The standard InChI is InChI=1S/C36H35F2N3O5/c1-5-7-24(8-6-2)41-20-28(26-12-9-22(37)15-30(26)38)36(43)29(21-41)32(42)16-23-10-11-25(19-40-23)46-33-13-14-39-31-18-35(45-4)34(44-3)17-27(31)33/h9-15,17-21,24H,5-8,16H2,1-4H3. The molecule has 0 aliphatic heterocycles. The molecule has 0 saturated carbocycles. The summed E-state index contributed by atoms with van der Waals surface area (Å²) in [5, 5.41) is 0.706. The van der Waals surface area contributed by atoms with Crippen LogP contribution < -0.4 is 19.6 Å². The Morgan fingerprint density at radius 1 is 0.870 bits per heavy atom. The second-order valence-corrected chi connectivity index (χ2v) is 10.9. The quantitative estimate of drug-likeness (QED) is 0.122. The molecule has 2 aromatic carbocycles. The van der Waals surface area contributed by atoms with Crippen LogP contribution in [0.3, 0.4) is 0 Å². The van der Waals surface area contributed by atoms with Crippen LogP contribution in [0.2, 0.25) is 0 Å². The number of hydrogen-bond donors (Lipinski definition) is 0. The number of nitrogens with zero attached hydrogens (tertiary/aromatic N) is 3. The molecule has 8 nitrogen and oxygen atoms in total. The molecular formula is C36H35F2N3O5. The van der Waals surface area contributed by atoms with Crippen molar-refractivity contribution in [2.24, 2.45) is 0 Å². The first-order chi connectivity index (χ1) is 22.3. The van der Waals surface area contributed by atoms with E-state index in [1.807, 2.05) is 4.57 Å². The second-order valence-electron chi connectivity index (χ2n) is 10.9. The number of ether oxygens (including phenoxy) is 3. The number of fused-ring (bicyclic) bond motifs is 1. The largest absolute Gasteiger partial charge is 0.493 e. The van der Waals surface area contributed by atoms with Crippen LogP contribution in [0.15, 0.2) is 78.1 Å². The number of hydrogen-bond acceptors (Lipinski definition) is 7. The predicted molar refractivity (Wildman–Crippen MR) is 172 cm³/mol. The Hall–Kier alpha value is -5.12. The molecule has 0 spiro atoms. The molecule has 5 rings (SSSR count). The van der Waals surface area contributed by atoms with Gasteiger partial charge in [-0.25, -0.2) is 8.78 Å². The third kappa shape index (κ3) is 6.91. The molecule has 0 aliphatic carbocycles. The summed E-state index contributed by atoms with van der Waals surface area (Å²) in [7, 11) is 3.10. The summed E-state index contributed by atoms with van der Waals surface area (Å²) in [6.45, 7) is 4.12. The maximum Gasteiger partial charge on any atom is 0.200 e. The van der Waals surface area contributed by atoms with Crippen LogP contribution in [-0.4, -0.2) is 34.5 Å². The van der Waals surface area contributed by atoms with Gasteiger partial charge in [-0.05, 0) is 49.2 Å². The average Bonchev–Trinajstić information content (AvgIpc) is 3.05. The van der Waals surface area contributed by atoms with E-state index >= 15 is 0 Å². The van der Waals surface area contributed by atoms with E-state index < -0.39 is 22.8 Å². The van der Waals surface area contributed by atoms with E-state index in [-0.39, 0.29) is 29.2 Å². The highest BCUT2D eigenvalue weighted by Gasteiger charge is 2.21. The molecule has 0 fully saturated rings. The van der Waals surface area contributed by atoms with Gasteiger partial charge in [0.1, 0.15) is 23.1 Å². The van der Waals surface area contributed by atoms with Crippen molar-refractivity contribution in [3.05, 3.63) is 106 Å². The summed E-state index contributed by atoms with van der Waals surface area (Å²) < 4.78 is 47.3. The van der Waals surface area contributed by atoms with Gasteiger partial charge in [0.05, 0.1) is 37.9 Å². The van der Waals surface area contributed by atoms with Gasteiger partial charge in [0.25, 0.3) is 0 Å². The molecule has 0 radical (unpaired) electrons. The first-order valence-corrected chi connectivity index (χ1v) is 15.1. The maximum atomic E-state index is 14.9. The van der Waals surface area contributed by atoms with Crippen LogP contribution in [0.5, 0.6) is 23.0 Å². The number of ketones is 1. The first-order valence-electron chi connectivity index (χ1n) is 15.1. The smallest absolute Gasteiger partial charge is 0.200 e. The number of methoxy groups -OCH3 is 2. The monoisotopic (exact) mass is 627 g/mol. The van der Waals surface area contributed by atoms with Crippen molar-refractivity contribution in [3.63, 3.8) is 0 Å². The highest BCUT2D eigenvalue weighted by Crippen LogP contribution is 2.37. The molecule has 0 amide bonds. The summed E-state index contributed by atoms with van der Waals surface area (Å²) in [6, 6.07) is 11.7. The molecule has 46 heavy (non-hydrogen) atoms. The molecule has 238 valence electrons. The third-order valence-corrected chi connectivity index (χ3v) is 7.81. The van der Waals surface area contributed by atoms with E-state index in [4.69, 9.17) is 14.2 Å². The van der Waals surface area contributed by atoms with E-state index in [2.05, 4.69) is 23.8 Å². The van der Waals surface area contributed by atoms with Gasteiger partial charge in [0.15, 0.2) is 22.7 Å². The second kappa shape index (κ2) is 14.3. The zero-order valence-corrected chi connectivity index (χ0v) is 26.2. The van der Waals surface area contributed by atoms with Crippen LogP contribution in [0, 0.1) is 11.6 Å². The average molecular weight is 628 g/mol. The molecule has 0 saturated heterocycles. The number of carbonyl (C=O) groups excluding carboxylic acids is 1. The van der Waals surface area contributed by atoms with Crippen LogP contribution in [-0.2, 0) is 6.42 Å². The summed E-state index contributed by atoms with van der Waals surface area (Å²) in [5.41, 5.74) is 0.338. The molecule has 5 aromatic rings. The molecule has 0 N–H and O–H groups in total. The minimum Gasteiger partial charge on any atom is -0.493 e. The van der Waals surface area contributed by atoms with Crippen LogP contribution >= 0.6 is 0 Å². The van der Waals surface area contributed by atoms with E-state index in [0.717, 1.165) is 37.8 Å². The number of pyridine rings is 3. The molecular weight excluding hydrogens is 592 g/mol. The van der Waals surface area contributed by atoms with E-state index in [1.165, 1.54) is 12.3 Å². The highest BCUT2D eigenvalue weighted by molar-refractivity contribution is 5.98. The molecule has 0 bridgehead atoms. The zero-order chi connectivity index (χ0) is 32.8. The lowest BCUT2D eigenvalue weighted by atomic mass is 9.99. The van der Waals surface area contributed by atoms with Crippen LogP contribution in [0.25, 0.3) is 22.0 Å². The molecule has 0 atom stereocenters. The molecule has 0 aliphatic rings. The topological polar surface area (TPSA) is 92.5 Å². The van der Waals surface area contributed by atoms with E-state index in [0.29, 0.717) is 39.6 Å². The van der Waals surface area contributed by atoms with Gasteiger partial charge in [-0.3, -0.25) is 19.6 Å². The number of aromatic nitrogens is 3. The van der Waals surface area contributed by atoms with Gasteiger partial charge in [-0.15, -0.1) is 0 Å². The summed E-state index contributed by atoms with van der Waals surface area (Å²) in [4.78, 5) is 36.0. The van der Waals surface area contributed by atoms with Gasteiger partial charge in [0.2, 0.25) is 0 Å². The van der Waals surface area contributed by atoms with Crippen molar-refractivity contribution in [2.45, 2.75) is 52.0 Å². The predicted octanol–water partition coefficient (Wildman–Crippen LogP) is 8.11. The molecule has 10 heteroatoms. The fourth-order valence-corrected chi connectivity index (χ4v) is 5.51. The third-order valence-electron chi connectivity index (χ3n) is 7.81. The minimum absolute atomic E-state index is 0.00397. The summed E-state index contributed by atoms with van der Waals surface area (Å²) in [6.07, 6.45) is 9.48. The van der Waals surface area contributed by atoms with Gasteiger partial charge in [-0.2, -0.15) is 0 Å². The number of Topliss-reactive ketones (excluding diaryl/α,β-unsaturated/α-hetero) is 1. The number of benzene rings is 2. The van der Waals surface area contributed by atoms with Crippen LogP contribution in [0.4, 0.5) is 8.78 Å². The van der Waals surface area contributed by atoms with Gasteiger partial charge < -0.3 is 18.8 Å². The zero-order valence-electron chi connectivity index (χ0n) is 26.2. The molecule has 3 aromatic heterocycles. The minimum atomic E-state index is -0.868. The van der Waals surface area contributed by atoms with Crippen molar-refractivity contribution in [2.75, 3.05) is 14.2 Å². The Balaban J connectivity index is 1.44. The lowest BCUT2D eigenvalue weighted by Crippen LogP contribution is -2.23. The van der Waals surface area contributed by atoms with Crippen molar-refractivity contribution in [1.29, 1.82) is 0 Å². The van der Waals surface area contributed by atoms with Crippen molar-refractivity contribution < 1.29 is 27.8 Å². The van der Waals surface area contributed by atoms with Gasteiger partial charge in [-0.1, -0.05) is 26.7 Å². The Morgan fingerprint density at radius 2 is 1.61 bits per heavy atom. The summed E-state index contributed by atoms with van der Waals surface area (Å²) in [5.74, 6) is -0.0566. The fraction of sp³-hybridized carbons (Fsp3) is 0.278. The molecule has 3 heterocycles. The van der Waals surface area contributed by atoms with Gasteiger partial charge >= 0.3 is 0 Å². The van der Waals surface area contributed by atoms with Crippen molar-refractivity contribution in [1.82, 2.24) is 14.5 Å². The molecule has 0 unspecified atom stereocenters. The lowest BCUT2D eigenvalue weighted by molar-refractivity contribution is 0.0990. The number of rotatable bonds is 13. The lowest BCUT2D eigenvalue weighted by Gasteiger charge is -2.22. The SMILES string of the molecule is CCCC(CCC)n1cc(C(=O)Cc2ccc(Oc3ccnc4cc(OC)c(OC)cc34)cn2)c(=O)c(-c2ccc(F)cc2F)c1. The van der Waals surface area contributed by atoms with Gasteiger partial charge in [0, 0.05) is 59.0 Å². The van der Waals surface area contributed by atoms with Crippen molar-refractivity contribution in [3.8, 4) is 34.1 Å². The number of halogens is 2. The first kappa shape index (κ1) is 32.3. The van der Waals surface area contributed by atoms with E-state index in [9.17, 15) is 18.4 Å².